The van der Waals surface area contributed by atoms with E-state index in [1.165, 1.54) is 31.2 Å². The Kier molecular flexibility index (Phi) is 4.11. The molecule has 130 valence electrons. The van der Waals surface area contributed by atoms with E-state index < -0.39 is 12.0 Å². The van der Waals surface area contributed by atoms with Crippen LogP contribution in [0.5, 0.6) is 11.6 Å². The molecule has 1 aromatic carbocycles. The second kappa shape index (κ2) is 5.99. The van der Waals surface area contributed by atoms with Crippen molar-refractivity contribution >= 4 is 23.2 Å². The Bertz CT molecular complexity index is 985. The SMILES string of the molecule is CC(=O)c1ccc(Oc2cc(C)nc3nc(C(F)(F)F)nn23)c(Cl)c1. The number of ether oxygens (including phenoxy) is 1. The highest BCUT2D eigenvalue weighted by molar-refractivity contribution is 6.32. The maximum absolute atomic E-state index is 12.8. The van der Waals surface area contributed by atoms with Crippen molar-refractivity contribution in [2.45, 2.75) is 20.0 Å². The van der Waals surface area contributed by atoms with Crippen molar-refractivity contribution in [3.05, 3.63) is 46.4 Å². The van der Waals surface area contributed by atoms with E-state index in [1.54, 1.807) is 6.92 Å². The second-order valence-electron chi connectivity index (χ2n) is 5.18. The van der Waals surface area contributed by atoms with Gasteiger partial charge in [0, 0.05) is 17.3 Å². The Morgan fingerprint density at radius 2 is 1.96 bits per heavy atom. The topological polar surface area (TPSA) is 69.4 Å². The zero-order valence-corrected chi connectivity index (χ0v) is 13.7. The van der Waals surface area contributed by atoms with Crippen LogP contribution in [0.15, 0.2) is 24.3 Å². The molecule has 0 bridgehead atoms. The number of ketones is 1. The maximum atomic E-state index is 12.8. The highest BCUT2D eigenvalue weighted by atomic mass is 35.5. The molecule has 0 unspecified atom stereocenters. The van der Waals surface area contributed by atoms with Crippen LogP contribution in [-0.4, -0.2) is 25.4 Å². The maximum Gasteiger partial charge on any atom is 0.453 e. The fraction of sp³-hybridized carbons (Fsp3) is 0.200. The summed E-state index contributed by atoms with van der Waals surface area (Å²) in [4.78, 5) is 18.6. The molecule has 0 N–H and O–H groups in total. The molecule has 2 heterocycles. The van der Waals surface area contributed by atoms with Gasteiger partial charge in [0.05, 0.1) is 5.02 Å². The minimum absolute atomic E-state index is 0.0389. The lowest BCUT2D eigenvalue weighted by molar-refractivity contribution is -0.144. The van der Waals surface area contributed by atoms with Gasteiger partial charge in [0.1, 0.15) is 5.75 Å². The number of benzene rings is 1. The summed E-state index contributed by atoms with van der Waals surface area (Å²) >= 11 is 6.07. The predicted octanol–water partition coefficient (Wildman–Crippen LogP) is 4.10. The molecule has 3 rings (SSSR count). The van der Waals surface area contributed by atoms with Crippen LogP contribution >= 0.6 is 11.6 Å². The highest BCUT2D eigenvalue weighted by Gasteiger charge is 2.37. The molecule has 0 spiro atoms. The van der Waals surface area contributed by atoms with Gasteiger partial charge in [0.15, 0.2) is 5.78 Å². The van der Waals surface area contributed by atoms with Crippen molar-refractivity contribution in [3.8, 4) is 11.6 Å². The molecule has 25 heavy (non-hydrogen) atoms. The van der Waals surface area contributed by atoms with Crippen molar-refractivity contribution in [1.82, 2.24) is 19.6 Å². The van der Waals surface area contributed by atoms with Crippen LogP contribution in [0.2, 0.25) is 5.02 Å². The third kappa shape index (κ3) is 3.41. The first-order valence-corrected chi connectivity index (χ1v) is 7.33. The van der Waals surface area contributed by atoms with E-state index in [2.05, 4.69) is 15.1 Å². The Labute approximate surface area is 144 Å². The molecule has 0 radical (unpaired) electrons. The number of Topliss-reactive ketones (excluding diaryl/α,β-unsaturated/α-hetero) is 1. The quantitative estimate of drug-likeness (QED) is 0.649. The fourth-order valence-electron chi connectivity index (χ4n) is 2.06. The van der Waals surface area contributed by atoms with Crippen LogP contribution in [0, 0.1) is 6.92 Å². The van der Waals surface area contributed by atoms with Crippen LogP contribution in [0.1, 0.15) is 28.8 Å². The zero-order chi connectivity index (χ0) is 18.4. The van der Waals surface area contributed by atoms with Gasteiger partial charge < -0.3 is 4.74 Å². The summed E-state index contributed by atoms with van der Waals surface area (Å²) in [5, 5.41) is 3.52. The lowest BCUT2D eigenvalue weighted by atomic mass is 10.1. The summed E-state index contributed by atoms with van der Waals surface area (Å²) < 4.78 is 44.8. The van der Waals surface area contributed by atoms with Gasteiger partial charge >= 0.3 is 6.18 Å². The van der Waals surface area contributed by atoms with Gasteiger partial charge in [0.25, 0.3) is 11.6 Å². The molecular formula is C15H10ClF3N4O2. The minimum atomic E-state index is -4.71. The number of hydrogen-bond donors (Lipinski definition) is 0. The molecule has 6 nitrogen and oxygen atoms in total. The number of aryl methyl sites for hydroxylation is 1. The summed E-state index contributed by atoms with van der Waals surface area (Å²) in [6.45, 7) is 2.96. The van der Waals surface area contributed by atoms with Crippen LogP contribution in [0.4, 0.5) is 13.2 Å². The van der Waals surface area contributed by atoms with Crippen LogP contribution < -0.4 is 4.74 Å². The van der Waals surface area contributed by atoms with Gasteiger partial charge in [0.2, 0.25) is 5.88 Å². The van der Waals surface area contributed by atoms with Crippen molar-refractivity contribution < 1.29 is 22.7 Å². The summed E-state index contributed by atoms with van der Waals surface area (Å²) in [6, 6.07) is 5.75. The number of rotatable bonds is 3. The van der Waals surface area contributed by atoms with Crippen molar-refractivity contribution in [1.29, 1.82) is 0 Å². The molecule has 0 fully saturated rings. The van der Waals surface area contributed by atoms with E-state index in [0.717, 1.165) is 4.52 Å². The minimum Gasteiger partial charge on any atom is -0.437 e. The Hall–Kier alpha value is -2.68. The monoisotopic (exact) mass is 370 g/mol. The number of alkyl halides is 3. The number of carbonyl (C=O) groups is 1. The number of halogens is 4. The number of aromatic nitrogens is 4. The van der Waals surface area contributed by atoms with Crippen molar-refractivity contribution in [2.24, 2.45) is 0 Å². The number of hydrogen-bond acceptors (Lipinski definition) is 5. The van der Waals surface area contributed by atoms with Crippen LogP contribution in [0.3, 0.4) is 0 Å². The average molecular weight is 371 g/mol. The van der Waals surface area contributed by atoms with E-state index in [4.69, 9.17) is 16.3 Å². The lowest BCUT2D eigenvalue weighted by Crippen LogP contribution is -2.08. The van der Waals surface area contributed by atoms with Crippen molar-refractivity contribution in [3.63, 3.8) is 0 Å². The molecule has 0 aliphatic carbocycles. The molecule has 0 atom stereocenters. The standard InChI is InChI=1S/C15H10ClF3N4O2/c1-7-5-12(23-14(20-7)21-13(22-23)15(17,18)19)25-11-4-3-9(8(2)24)6-10(11)16/h3-6H,1-2H3. The number of nitrogens with zero attached hydrogens (tertiary/aromatic N) is 4. The predicted molar refractivity (Wildman–Crippen MR) is 82.1 cm³/mol. The van der Waals surface area contributed by atoms with Crippen LogP contribution in [0.25, 0.3) is 5.78 Å². The molecule has 10 heteroatoms. The summed E-state index contributed by atoms with van der Waals surface area (Å²) in [5.41, 5.74) is 0.772. The Balaban J connectivity index is 2.07. The molecule has 0 saturated carbocycles. The molecular weight excluding hydrogens is 361 g/mol. The van der Waals surface area contributed by atoms with E-state index in [-0.39, 0.29) is 28.2 Å². The Morgan fingerprint density at radius 3 is 2.56 bits per heavy atom. The molecule has 0 amide bonds. The zero-order valence-electron chi connectivity index (χ0n) is 12.9. The summed E-state index contributed by atoms with van der Waals surface area (Å²) in [5.74, 6) is -1.64. The first kappa shape index (κ1) is 17.2. The molecule has 3 aromatic rings. The summed E-state index contributed by atoms with van der Waals surface area (Å²) in [7, 11) is 0. The van der Waals surface area contributed by atoms with Gasteiger partial charge in [-0.3, -0.25) is 4.79 Å². The number of carbonyl (C=O) groups excluding carboxylic acids is 1. The molecule has 0 aliphatic rings. The molecule has 0 saturated heterocycles. The largest absolute Gasteiger partial charge is 0.453 e. The van der Waals surface area contributed by atoms with Gasteiger partial charge in [-0.1, -0.05) is 11.6 Å². The Morgan fingerprint density at radius 1 is 1.24 bits per heavy atom. The van der Waals surface area contributed by atoms with Crippen LogP contribution in [-0.2, 0) is 6.18 Å². The second-order valence-corrected chi connectivity index (χ2v) is 5.59. The third-order valence-corrected chi connectivity index (χ3v) is 3.51. The van der Waals surface area contributed by atoms with E-state index in [9.17, 15) is 18.0 Å². The fourth-order valence-corrected chi connectivity index (χ4v) is 2.28. The van der Waals surface area contributed by atoms with Gasteiger partial charge in [-0.15, -0.1) is 5.10 Å². The van der Waals surface area contributed by atoms with E-state index in [0.29, 0.717) is 11.3 Å². The number of fused-ring (bicyclic) bond motifs is 1. The normalized spacial score (nSPS) is 11.8. The van der Waals surface area contributed by atoms with E-state index in [1.807, 2.05) is 0 Å². The lowest BCUT2D eigenvalue weighted by Gasteiger charge is -2.09. The average Bonchev–Trinajstić information content (AvgIpc) is 2.93. The first-order chi connectivity index (χ1) is 11.6. The van der Waals surface area contributed by atoms with Gasteiger partial charge in [-0.2, -0.15) is 22.7 Å². The van der Waals surface area contributed by atoms with Gasteiger partial charge in [-0.25, -0.2) is 4.98 Å². The van der Waals surface area contributed by atoms with Crippen molar-refractivity contribution in [2.75, 3.05) is 0 Å². The highest BCUT2D eigenvalue weighted by Crippen LogP contribution is 2.32. The summed E-state index contributed by atoms with van der Waals surface area (Å²) in [6.07, 6.45) is -4.71. The first-order valence-electron chi connectivity index (χ1n) is 6.95. The molecule has 2 aromatic heterocycles. The van der Waals surface area contributed by atoms with Gasteiger partial charge in [-0.05, 0) is 32.0 Å². The van der Waals surface area contributed by atoms with E-state index >= 15 is 0 Å². The molecule has 0 aliphatic heterocycles. The smallest absolute Gasteiger partial charge is 0.437 e. The third-order valence-electron chi connectivity index (χ3n) is 3.21.